The molecule has 1 unspecified atom stereocenters. The predicted octanol–water partition coefficient (Wildman–Crippen LogP) is -0.368. The normalized spacial score (nSPS) is 19.1. The number of aromatic nitrogens is 2. The Morgan fingerprint density at radius 3 is 2.83 bits per heavy atom. The van der Waals surface area contributed by atoms with E-state index in [1.165, 1.54) is 12.0 Å². The first-order chi connectivity index (χ1) is 8.51. The number of primary amides is 1. The quantitative estimate of drug-likeness (QED) is 0.789. The number of aryl methyl sites for hydroxylation is 1. The average molecular weight is 250 g/mol. The third-order valence-corrected chi connectivity index (χ3v) is 2.80. The average Bonchev–Trinajstić information content (AvgIpc) is 2.70. The molecule has 1 saturated heterocycles. The van der Waals surface area contributed by atoms with Gasteiger partial charge in [-0.3, -0.25) is 14.5 Å². The predicted molar refractivity (Wildman–Crippen MR) is 63.0 cm³/mol. The summed E-state index contributed by atoms with van der Waals surface area (Å²) in [6.07, 6.45) is 0.106. The Balaban J connectivity index is 2.29. The van der Waals surface area contributed by atoms with Gasteiger partial charge in [-0.2, -0.15) is 4.98 Å². The first-order valence-corrected chi connectivity index (χ1v) is 5.50. The van der Waals surface area contributed by atoms with Crippen LogP contribution in [-0.4, -0.2) is 35.4 Å². The van der Waals surface area contributed by atoms with E-state index >= 15 is 0 Å². The highest BCUT2D eigenvalue weighted by atomic mass is 16.5. The molecule has 0 spiro atoms. The van der Waals surface area contributed by atoms with Gasteiger partial charge in [0.2, 0.25) is 23.6 Å². The van der Waals surface area contributed by atoms with Gasteiger partial charge in [0, 0.05) is 24.7 Å². The van der Waals surface area contributed by atoms with Gasteiger partial charge >= 0.3 is 0 Å². The molecule has 1 atom stereocenters. The maximum absolute atomic E-state index is 11.8. The molecule has 1 aliphatic rings. The zero-order chi connectivity index (χ0) is 13.3. The molecule has 96 valence electrons. The van der Waals surface area contributed by atoms with Crippen LogP contribution in [0.2, 0.25) is 0 Å². The lowest BCUT2D eigenvalue weighted by atomic mass is 10.1. The van der Waals surface area contributed by atoms with Crippen LogP contribution in [0.25, 0.3) is 0 Å². The van der Waals surface area contributed by atoms with Crippen molar-refractivity contribution in [3.05, 3.63) is 11.8 Å². The van der Waals surface area contributed by atoms with Crippen LogP contribution in [0.15, 0.2) is 6.07 Å². The van der Waals surface area contributed by atoms with Crippen molar-refractivity contribution in [2.75, 3.05) is 18.6 Å². The number of carbonyl (C=O) groups is 2. The molecule has 0 aliphatic carbocycles. The van der Waals surface area contributed by atoms with E-state index in [4.69, 9.17) is 10.5 Å². The van der Waals surface area contributed by atoms with Crippen molar-refractivity contribution in [3.63, 3.8) is 0 Å². The lowest BCUT2D eigenvalue weighted by Crippen LogP contribution is -2.29. The van der Waals surface area contributed by atoms with Crippen molar-refractivity contribution in [3.8, 4) is 5.88 Å². The number of rotatable bonds is 3. The van der Waals surface area contributed by atoms with Gasteiger partial charge in [-0.1, -0.05) is 0 Å². The Morgan fingerprint density at radius 2 is 2.28 bits per heavy atom. The minimum atomic E-state index is -0.481. The highest BCUT2D eigenvalue weighted by Gasteiger charge is 2.35. The molecule has 1 fully saturated rings. The van der Waals surface area contributed by atoms with Gasteiger partial charge in [-0.25, -0.2) is 4.98 Å². The highest BCUT2D eigenvalue weighted by molar-refractivity contribution is 5.98. The van der Waals surface area contributed by atoms with Gasteiger partial charge in [0.25, 0.3) is 0 Å². The number of nitrogens with zero attached hydrogens (tertiary/aromatic N) is 3. The van der Waals surface area contributed by atoms with E-state index in [1.807, 2.05) is 0 Å². The summed E-state index contributed by atoms with van der Waals surface area (Å²) < 4.78 is 5.02. The summed E-state index contributed by atoms with van der Waals surface area (Å²) >= 11 is 0. The van der Waals surface area contributed by atoms with Crippen LogP contribution in [0.1, 0.15) is 12.1 Å². The Kier molecular flexibility index (Phi) is 3.14. The number of methoxy groups -OCH3 is 1. The number of hydrogen-bond donors (Lipinski definition) is 1. The van der Waals surface area contributed by atoms with Crippen LogP contribution in [0.4, 0.5) is 5.95 Å². The minimum absolute atomic E-state index is 0.106. The van der Waals surface area contributed by atoms with Gasteiger partial charge in [-0.15, -0.1) is 0 Å². The molecule has 0 saturated carbocycles. The van der Waals surface area contributed by atoms with E-state index in [9.17, 15) is 9.59 Å². The molecule has 7 nitrogen and oxygen atoms in total. The molecule has 2 heterocycles. The largest absolute Gasteiger partial charge is 0.481 e. The topological polar surface area (TPSA) is 98.4 Å². The van der Waals surface area contributed by atoms with Crippen LogP contribution >= 0.6 is 0 Å². The molecule has 18 heavy (non-hydrogen) atoms. The maximum Gasteiger partial charge on any atom is 0.235 e. The summed E-state index contributed by atoms with van der Waals surface area (Å²) in [5.74, 6) is -0.530. The van der Waals surface area contributed by atoms with Gasteiger partial charge < -0.3 is 10.5 Å². The van der Waals surface area contributed by atoms with E-state index in [-0.39, 0.29) is 24.8 Å². The van der Waals surface area contributed by atoms with Crippen LogP contribution in [0.3, 0.4) is 0 Å². The lowest BCUT2D eigenvalue weighted by Gasteiger charge is -2.15. The molecule has 1 aliphatic heterocycles. The summed E-state index contributed by atoms with van der Waals surface area (Å²) in [5, 5.41) is 0. The number of ether oxygens (including phenoxy) is 1. The summed E-state index contributed by atoms with van der Waals surface area (Å²) in [5.41, 5.74) is 5.89. The summed E-state index contributed by atoms with van der Waals surface area (Å²) in [7, 11) is 1.49. The van der Waals surface area contributed by atoms with Crippen molar-refractivity contribution < 1.29 is 14.3 Å². The van der Waals surface area contributed by atoms with Gasteiger partial charge in [-0.05, 0) is 6.92 Å². The minimum Gasteiger partial charge on any atom is -0.481 e. The van der Waals surface area contributed by atoms with E-state index < -0.39 is 11.8 Å². The third-order valence-electron chi connectivity index (χ3n) is 2.80. The van der Waals surface area contributed by atoms with Crippen molar-refractivity contribution in [2.45, 2.75) is 13.3 Å². The standard InChI is InChI=1S/C11H14N4O3/c1-6-3-8(18-2)14-11(13-6)15-5-7(10(12)17)4-9(15)16/h3,7H,4-5H2,1-2H3,(H2,12,17). The number of nitrogens with two attached hydrogens (primary N) is 1. The van der Waals surface area contributed by atoms with E-state index in [0.717, 1.165) is 0 Å². The van der Waals surface area contributed by atoms with Gasteiger partial charge in [0.05, 0.1) is 13.0 Å². The Morgan fingerprint density at radius 1 is 1.56 bits per heavy atom. The van der Waals surface area contributed by atoms with Crippen molar-refractivity contribution in [1.29, 1.82) is 0 Å². The SMILES string of the molecule is COc1cc(C)nc(N2CC(C(N)=O)CC2=O)n1. The van der Waals surface area contributed by atoms with Crippen molar-refractivity contribution in [2.24, 2.45) is 11.7 Å². The molecular weight excluding hydrogens is 236 g/mol. The van der Waals surface area contributed by atoms with E-state index in [2.05, 4.69) is 9.97 Å². The molecule has 2 rings (SSSR count). The monoisotopic (exact) mass is 250 g/mol. The Labute approximate surface area is 104 Å². The smallest absolute Gasteiger partial charge is 0.235 e. The number of amides is 2. The fourth-order valence-corrected chi connectivity index (χ4v) is 1.84. The molecule has 1 aromatic rings. The number of carbonyl (C=O) groups excluding carboxylic acids is 2. The Hall–Kier alpha value is -2.18. The van der Waals surface area contributed by atoms with Crippen LogP contribution in [0, 0.1) is 12.8 Å². The maximum atomic E-state index is 11.8. The first kappa shape index (κ1) is 12.3. The second kappa shape index (κ2) is 4.59. The molecule has 0 bridgehead atoms. The third kappa shape index (κ3) is 2.24. The molecule has 0 aromatic carbocycles. The van der Waals surface area contributed by atoms with E-state index in [0.29, 0.717) is 11.6 Å². The fraction of sp³-hybridized carbons (Fsp3) is 0.455. The molecule has 2 N–H and O–H groups in total. The highest BCUT2D eigenvalue weighted by Crippen LogP contribution is 2.23. The molecular formula is C11H14N4O3. The second-order valence-corrected chi connectivity index (χ2v) is 4.16. The van der Waals surface area contributed by atoms with Crippen molar-refractivity contribution >= 4 is 17.8 Å². The Bertz CT molecular complexity index is 503. The fourth-order valence-electron chi connectivity index (χ4n) is 1.84. The zero-order valence-corrected chi connectivity index (χ0v) is 10.2. The molecule has 2 amide bonds. The molecule has 0 radical (unpaired) electrons. The van der Waals surface area contributed by atoms with Crippen LogP contribution in [0.5, 0.6) is 5.88 Å². The molecule has 1 aromatic heterocycles. The summed E-state index contributed by atoms with van der Waals surface area (Å²) in [6.45, 7) is 2.00. The zero-order valence-electron chi connectivity index (χ0n) is 10.2. The second-order valence-electron chi connectivity index (χ2n) is 4.16. The van der Waals surface area contributed by atoms with Gasteiger partial charge in [0.1, 0.15) is 0 Å². The van der Waals surface area contributed by atoms with Crippen molar-refractivity contribution in [1.82, 2.24) is 9.97 Å². The number of hydrogen-bond acceptors (Lipinski definition) is 5. The van der Waals surface area contributed by atoms with Gasteiger partial charge in [0.15, 0.2) is 0 Å². The first-order valence-electron chi connectivity index (χ1n) is 5.50. The lowest BCUT2D eigenvalue weighted by molar-refractivity contribution is -0.123. The molecule has 7 heteroatoms. The van der Waals surface area contributed by atoms with Crippen LogP contribution < -0.4 is 15.4 Å². The summed E-state index contributed by atoms with van der Waals surface area (Å²) in [4.78, 5) is 32.5. The number of anilines is 1. The van der Waals surface area contributed by atoms with Crippen LogP contribution in [-0.2, 0) is 9.59 Å². The summed E-state index contributed by atoms with van der Waals surface area (Å²) in [6, 6.07) is 1.66. The van der Waals surface area contributed by atoms with E-state index in [1.54, 1.807) is 13.0 Å².